The number of likely N-dealkylation sites (tertiary alicyclic amines) is 1. The molecule has 1 unspecified atom stereocenters. The van der Waals surface area contributed by atoms with Crippen LogP contribution in [-0.2, 0) is 0 Å². The number of halogens is 4. The molecule has 0 saturated carbocycles. The van der Waals surface area contributed by atoms with E-state index in [0.29, 0.717) is 38.7 Å². The van der Waals surface area contributed by atoms with Crippen molar-refractivity contribution in [1.82, 2.24) is 24.9 Å². The molecular weight excluding hydrogens is 593 g/mol. The van der Waals surface area contributed by atoms with Gasteiger partial charge in [0.15, 0.2) is 0 Å². The molecule has 1 saturated heterocycles. The Morgan fingerprint density at radius 1 is 1.12 bits per heavy atom. The number of pyridine rings is 1. The Morgan fingerprint density at radius 2 is 1.93 bits per heavy atom. The summed E-state index contributed by atoms with van der Waals surface area (Å²) >= 11 is 12.6. The monoisotopic (exact) mass is 618 g/mol. The van der Waals surface area contributed by atoms with Gasteiger partial charge >= 0.3 is 0 Å². The third-order valence-corrected chi connectivity index (χ3v) is 8.15. The highest BCUT2D eigenvalue weighted by Gasteiger charge is 2.26. The SMILES string of the molecule is CCN1CC[C@@H](n2cc(C(Nc3cc(Cl)cc4c(Nc5ccc(F)c(Cl)c5)c(C#N)cnc34)c3ccc(F)cc3)nn2)C1. The summed E-state index contributed by atoms with van der Waals surface area (Å²) in [5.41, 5.74) is 3.67. The van der Waals surface area contributed by atoms with Crippen LogP contribution in [0.15, 0.2) is 67.0 Å². The van der Waals surface area contributed by atoms with E-state index in [4.69, 9.17) is 23.2 Å². The molecule has 8 nitrogen and oxygen atoms in total. The van der Waals surface area contributed by atoms with Crippen molar-refractivity contribution < 1.29 is 8.78 Å². The second-order valence-electron chi connectivity index (χ2n) is 10.4. The van der Waals surface area contributed by atoms with Gasteiger partial charge in [-0.05, 0) is 61.0 Å². The minimum Gasteiger partial charge on any atom is -0.371 e. The van der Waals surface area contributed by atoms with E-state index in [1.165, 1.54) is 36.5 Å². The molecule has 2 aromatic heterocycles. The van der Waals surface area contributed by atoms with Gasteiger partial charge in [-0.1, -0.05) is 47.5 Å². The zero-order valence-corrected chi connectivity index (χ0v) is 24.5. The van der Waals surface area contributed by atoms with Crippen LogP contribution in [0.3, 0.4) is 0 Å². The van der Waals surface area contributed by atoms with E-state index in [1.54, 1.807) is 24.3 Å². The molecule has 1 aliphatic heterocycles. The fourth-order valence-corrected chi connectivity index (χ4v) is 5.77. The summed E-state index contributed by atoms with van der Waals surface area (Å²) in [7, 11) is 0. The number of hydrogen-bond donors (Lipinski definition) is 2. The van der Waals surface area contributed by atoms with Gasteiger partial charge in [0.05, 0.1) is 45.8 Å². The number of hydrogen-bond acceptors (Lipinski definition) is 7. The average Bonchev–Trinajstić information content (AvgIpc) is 3.69. The highest BCUT2D eigenvalue weighted by molar-refractivity contribution is 6.32. The lowest BCUT2D eigenvalue weighted by molar-refractivity contribution is 0.334. The highest BCUT2D eigenvalue weighted by atomic mass is 35.5. The fourth-order valence-electron chi connectivity index (χ4n) is 5.37. The number of benzene rings is 3. The van der Waals surface area contributed by atoms with Crippen LogP contribution in [0.1, 0.15) is 42.2 Å². The topological polar surface area (TPSA) is 94.7 Å². The summed E-state index contributed by atoms with van der Waals surface area (Å²) in [6.45, 7) is 5.02. The second kappa shape index (κ2) is 12.1. The number of fused-ring (bicyclic) bond motifs is 1. The molecule has 1 aliphatic rings. The van der Waals surface area contributed by atoms with Crippen LogP contribution in [0, 0.1) is 23.0 Å². The molecule has 43 heavy (non-hydrogen) atoms. The van der Waals surface area contributed by atoms with Gasteiger partial charge in [0.1, 0.15) is 23.4 Å². The van der Waals surface area contributed by atoms with Crippen molar-refractivity contribution in [2.24, 2.45) is 0 Å². The normalized spacial score (nSPS) is 15.9. The average molecular weight is 620 g/mol. The van der Waals surface area contributed by atoms with Crippen molar-refractivity contribution in [3.8, 4) is 6.07 Å². The van der Waals surface area contributed by atoms with E-state index in [-0.39, 0.29) is 22.4 Å². The van der Waals surface area contributed by atoms with Gasteiger partial charge in [0.25, 0.3) is 0 Å². The fraction of sp³-hybridized carbons (Fsp3) is 0.226. The first kappa shape index (κ1) is 28.8. The third kappa shape index (κ3) is 5.97. The molecule has 3 aromatic carbocycles. The molecule has 0 amide bonds. The number of nitrogens with one attached hydrogen (secondary N) is 2. The van der Waals surface area contributed by atoms with E-state index in [2.05, 4.69) is 43.8 Å². The molecule has 0 aliphatic carbocycles. The van der Waals surface area contributed by atoms with E-state index >= 15 is 0 Å². The lowest BCUT2D eigenvalue weighted by Gasteiger charge is -2.21. The molecule has 3 heterocycles. The van der Waals surface area contributed by atoms with Gasteiger partial charge in [0.2, 0.25) is 0 Å². The first-order valence-corrected chi connectivity index (χ1v) is 14.5. The smallest absolute Gasteiger partial charge is 0.141 e. The van der Waals surface area contributed by atoms with Gasteiger partial charge in [-0.15, -0.1) is 5.10 Å². The molecule has 12 heteroatoms. The molecule has 0 bridgehead atoms. The van der Waals surface area contributed by atoms with Crippen LogP contribution < -0.4 is 10.6 Å². The maximum Gasteiger partial charge on any atom is 0.141 e. The van der Waals surface area contributed by atoms with E-state index in [9.17, 15) is 14.0 Å². The quantitative estimate of drug-likeness (QED) is 0.186. The maximum atomic E-state index is 13.9. The van der Waals surface area contributed by atoms with Gasteiger partial charge in [-0.2, -0.15) is 5.26 Å². The number of rotatable bonds is 8. The van der Waals surface area contributed by atoms with Crippen molar-refractivity contribution in [1.29, 1.82) is 5.26 Å². The molecule has 0 spiro atoms. The molecular formula is C31H26Cl2F2N8. The molecule has 0 radical (unpaired) electrons. The second-order valence-corrected chi connectivity index (χ2v) is 11.2. The number of nitriles is 1. The molecule has 218 valence electrons. The van der Waals surface area contributed by atoms with Crippen LogP contribution in [0.4, 0.5) is 25.8 Å². The molecule has 2 atom stereocenters. The highest BCUT2D eigenvalue weighted by Crippen LogP contribution is 2.38. The largest absolute Gasteiger partial charge is 0.371 e. The third-order valence-electron chi connectivity index (χ3n) is 7.64. The van der Waals surface area contributed by atoms with E-state index in [1.807, 2.05) is 10.9 Å². The Bertz CT molecular complexity index is 1840. The molecule has 5 aromatic rings. The predicted octanol–water partition coefficient (Wildman–Crippen LogP) is 7.49. The van der Waals surface area contributed by atoms with E-state index < -0.39 is 11.9 Å². The Hall–Kier alpha value is -4.30. The van der Waals surface area contributed by atoms with Gasteiger partial charge in [0, 0.05) is 35.4 Å². The first-order chi connectivity index (χ1) is 20.8. The number of anilines is 3. The van der Waals surface area contributed by atoms with Crippen molar-refractivity contribution in [3.05, 3.63) is 105 Å². The lowest BCUT2D eigenvalue weighted by atomic mass is 10.0. The summed E-state index contributed by atoms with van der Waals surface area (Å²) < 4.78 is 29.6. The maximum absolute atomic E-state index is 13.9. The predicted molar refractivity (Wildman–Crippen MR) is 164 cm³/mol. The van der Waals surface area contributed by atoms with Crippen molar-refractivity contribution >= 4 is 51.2 Å². The van der Waals surface area contributed by atoms with Crippen molar-refractivity contribution in [2.45, 2.75) is 25.4 Å². The van der Waals surface area contributed by atoms with E-state index in [0.717, 1.165) is 31.6 Å². The Morgan fingerprint density at radius 3 is 2.65 bits per heavy atom. The van der Waals surface area contributed by atoms with Gasteiger partial charge in [-0.3, -0.25) is 4.98 Å². The van der Waals surface area contributed by atoms with Crippen LogP contribution in [0.5, 0.6) is 0 Å². The lowest BCUT2D eigenvalue weighted by Crippen LogP contribution is -2.21. The van der Waals surface area contributed by atoms with Crippen LogP contribution in [-0.4, -0.2) is 44.5 Å². The summed E-state index contributed by atoms with van der Waals surface area (Å²) in [4.78, 5) is 6.96. The van der Waals surface area contributed by atoms with Crippen LogP contribution in [0.25, 0.3) is 10.9 Å². The minimum atomic E-state index is -0.554. The Balaban J connectivity index is 1.42. The Labute approximate surface area is 256 Å². The van der Waals surface area contributed by atoms with Crippen LogP contribution in [0.2, 0.25) is 10.0 Å². The number of nitrogens with zero attached hydrogens (tertiary/aromatic N) is 6. The van der Waals surface area contributed by atoms with Crippen LogP contribution >= 0.6 is 23.2 Å². The molecule has 2 N–H and O–H groups in total. The van der Waals surface area contributed by atoms with Gasteiger partial charge in [-0.25, -0.2) is 13.5 Å². The molecule has 6 rings (SSSR count). The zero-order valence-electron chi connectivity index (χ0n) is 23.0. The Kier molecular flexibility index (Phi) is 8.13. The standard InChI is InChI=1S/C31H26Cl2F2N8/c1-2-42-10-9-23(16-42)43-17-28(40-41-43)30(18-3-5-21(34)6-4-18)39-27-12-20(32)11-24-29(19(14-36)15-37-31(24)27)38-22-7-8-26(35)25(33)13-22/h3-8,11-13,15,17,23,30,39H,2,9-10,16H2,1H3,(H,37,38)/t23-,30?/m1/s1. The minimum absolute atomic E-state index is 0.0579. The zero-order chi connectivity index (χ0) is 30.1. The summed E-state index contributed by atoms with van der Waals surface area (Å²) in [5.74, 6) is -0.909. The summed E-state index contributed by atoms with van der Waals surface area (Å²) in [5, 5.41) is 26.4. The van der Waals surface area contributed by atoms with Gasteiger partial charge < -0.3 is 15.5 Å². The van der Waals surface area contributed by atoms with Crippen molar-refractivity contribution in [2.75, 3.05) is 30.3 Å². The molecule has 1 fully saturated rings. The number of aromatic nitrogens is 4. The van der Waals surface area contributed by atoms with Crippen molar-refractivity contribution in [3.63, 3.8) is 0 Å². The number of likely N-dealkylation sites (N-methyl/N-ethyl adjacent to an activating group) is 1. The summed E-state index contributed by atoms with van der Waals surface area (Å²) in [6.07, 6.45) is 4.35. The summed E-state index contributed by atoms with van der Waals surface area (Å²) in [6, 6.07) is 15.7. The first-order valence-electron chi connectivity index (χ1n) is 13.7.